The Balaban J connectivity index is 0.000000450. The first-order valence-electron chi connectivity index (χ1n) is 7.78. The van der Waals surface area contributed by atoms with Crippen LogP contribution in [0.5, 0.6) is 5.88 Å². The largest absolute Gasteiger partial charge is 0.475 e. The van der Waals surface area contributed by atoms with Crippen molar-refractivity contribution in [3.8, 4) is 5.88 Å². The number of rotatable bonds is 6. The number of carbonyl (C=O) groups is 2. The van der Waals surface area contributed by atoms with Crippen LogP contribution < -0.4 is 4.74 Å². The number of hydrogen-bond donors (Lipinski definition) is 2. The second-order valence-electron chi connectivity index (χ2n) is 5.54. The van der Waals surface area contributed by atoms with E-state index in [1.807, 2.05) is 6.08 Å². The van der Waals surface area contributed by atoms with Crippen molar-refractivity contribution in [1.82, 2.24) is 13.6 Å². The molecule has 2 heterocycles. The van der Waals surface area contributed by atoms with Gasteiger partial charge in [-0.3, -0.25) is 4.90 Å². The van der Waals surface area contributed by atoms with Gasteiger partial charge in [0.25, 0.3) is 5.88 Å². The van der Waals surface area contributed by atoms with Gasteiger partial charge >= 0.3 is 11.9 Å². The van der Waals surface area contributed by atoms with E-state index < -0.39 is 11.9 Å². The molecule has 1 aliphatic rings. The average Bonchev–Trinajstić information content (AvgIpc) is 3.03. The van der Waals surface area contributed by atoms with E-state index in [4.69, 9.17) is 24.5 Å². The highest BCUT2D eigenvalue weighted by Gasteiger charge is 2.21. The lowest BCUT2D eigenvalue weighted by Crippen LogP contribution is -2.33. The van der Waals surface area contributed by atoms with Crippen molar-refractivity contribution in [2.75, 3.05) is 20.2 Å². The predicted molar refractivity (Wildman–Crippen MR) is 94.8 cm³/mol. The van der Waals surface area contributed by atoms with Crippen molar-refractivity contribution in [1.29, 1.82) is 0 Å². The lowest BCUT2D eigenvalue weighted by atomic mass is 10.0. The number of allylic oxidation sites excluding steroid dienone is 1. The number of carboxylic acid groups (broad SMARTS) is 2. The zero-order valence-electron chi connectivity index (χ0n) is 14.3. The maximum atomic E-state index is 9.10. The highest BCUT2D eigenvalue weighted by Crippen LogP contribution is 2.28. The van der Waals surface area contributed by atoms with E-state index in [0.717, 1.165) is 31.5 Å². The summed E-state index contributed by atoms with van der Waals surface area (Å²) in [6.45, 7) is 7.52. The van der Waals surface area contributed by atoms with Crippen molar-refractivity contribution in [2.45, 2.75) is 32.2 Å². The third kappa shape index (κ3) is 7.02. The van der Waals surface area contributed by atoms with Gasteiger partial charge in [-0.2, -0.15) is 4.37 Å². The highest BCUT2D eigenvalue weighted by molar-refractivity contribution is 6.99. The summed E-state index contributed by atoms with van der Waals surface area (Å²) in [5.74, 6) is -2.96. The van der Waals surface area contributed by atoms with Crippen LogP contribution in [0.2, 0.25) is 0 Å². The Labute approximate surface area is 150 Å². The van der Waals surface area contributed by atoms with E-state index in [2.05, 4.69) is 40.3 Å². The number of unbranched alkanes of at least 4 members (excludes halogenated alkanes) is 1. The molecule has 0 saturated carbocycles. The fraction of sp³-hybridized carbons (Fsp3) is 0.500. The van der Waals surface area contributed by atoms with Crippen molar-refractivity contribution < 1.29 is 24.5 Å². The van der Waals surface area contributed by atoms with Crippen LogP contribution in [0.1, 0.15) is 31.9 Å². The van der Waals surface area contributed by atoms with Crippen LogP contribution >= 0.6 is 11.7 Å². The summed E-state index contributed by atoms with van der Waals surface area (Å²) >= 11 is 1.22. The van der Waals surface area contributed by atoms with Crippen molar-refractivity contribution >= 4 is 29.2 Å². The lowest BCUT2D eigenvalue weighted by Gasteiger charge is -2.29. The molecule has 9 heteroatoms. The maximum Gasteiger partial charge on any atom is 0.414 e. The molecule has 1 unspecified atom stereocenters. The molecule has 0 fully saturated rings. The lowest BCUT2D eigenvalue weighted by molar-refractivity contribution is -0.159. The van der Waals surface area contributed by atoms with E-state index in [1.54, 1.807) is 0 Å². The molecule has 0 saturated heterocycles. The van der Waals surface area contributed by atoms with Gasteiger partial charge < -0.3 is 14.9 Å². The van der Waals surface area contributed by atoms with E-state index in [0.29, 0.717) is 18.5 Å². The van der Waals surface area contributed by atoms with E-state index in [1.165, 1.54) is 17.3 Å². The van der Waals surface area contributed by atoms with Crippen LogP contribution in [0, 0.1) is 0 Å². The van der Waals surface area contributed by atoms with Gasteiger partial charge in [-0.1, -0.05) is 12.2 Å². The normalized spacial score (nSPS) is 17.0. The van der Waals surface area contributed by atoms with Gasteiger partial charge in [0.05, 0.1) is 18.3 Å². The molecule has 1 atom stereocenters. The summed E-state index contributed by atoms with van der Waals surface area (Å²) in [6, 6.07) is 0.590. The molecule has 0 spiro atoms. The minimum absolute atomic E-state index is 0.590. The number of carboxylic acids is 2. The number of aromatic nitrogens is 2. The summed E-state index contributed by atoms with van der Waals surface area (Å²) in [4.78, 5) is 20.5. The van der Waals surface area contributed by atoms with Gasteiger partial charge in [-0.25, -0.2) is 9.59 Å². The van der Waals surface area contributed by atoms with Crippen LogP contribution in [-0.2, 0) is 9.59 Å². The minimum atomic E-state index is -1.82. The van der Waals surface area contributed by atoms with Gasteiger partial charge in [-0.15, -0.1) is 11.0 Å². The summed E-state index contributed by atoms with van der Waals surface area (Å²) in [5, 5.41) is 14.8. The van der Waals surface area contributed by atoms with E-state index in [-0.39, 0.29) is 0 Å². The van der Waals surface area contributed by atoms with Gasteiger partial charge in [0.15, 0.2) is 0 Å². The Kier molecular flexibility index (Phi) is 8.79. The minimum Gasteiger partial charge on any atom is -0.475 e. The third-order valence-electron chi connectivity index (χ3n) is 3.61. The first-order chi connectivity index (χ1) is 11.9. The quantitative estimate of drug-likeness (QED) is 0.445. The summed E-state index contributed by atoms with van der Waals surface area (Å²) in [6.07, 6.45) is 7.16. The number of likely N-dealkylation sites (N-methyl/N-ethyl adjacent to an activating group) is 1. The van der Waals surface area contributed by atoms with Gasteiger partial charge in [0.2, 0.25) is 0 Å². The molecule has 25 heavy (non-hydrogen) atoms. The first-order valence-corrected chi connectivity index (χ1v) is 8.52. The van der Waals surface area contributed by atoms with Gasteiger partial charge in [0.1, 0.15) is 5.69 Å². The van der Waals surface area contributed by atoms with Crippen LogP contribution in [0.4, 0.5) is 0 Å². The Morgan fingerprint density at radius 2 is 2.12 bits per heavy atom. The zero-order valence-corrected chi connectivity index (χ0v) is 15.2. The smallest absolute Gasteiger partial charge is 0.414 e. The van der Waals surface area contributed by atoms with E-state index >= 15 is 0 Å². The summed E-state index contributed by atoms with van der Waals surface area (Å²) < 4.78 is 14.4. The average molecular weight is 369 g/mol. The molecule has 2 N–H and O–H groups in total. The van der Waals surface area contributed by atoms with Crippen LogP contribution in [0.25, 0.3) is 5.57 Å². The van der Waals surface area contributed by atoms with Gasteiger partial charge in [0, 0.05) is 12.6 Å². The van der Waals surface area contributed by atoms with Crippen molar-refractivity contribution in [2.24, 2.45) is 0 Å². The Morgan fingerprint density at radius 3 is 2.68 bits per heavy atom. The molecule has 0 bridgehead atoms. The number of ether oxygens (including phenoxy) is 1. The molecular weight excluding hydrogens is 346 g/mol. The molecule has 0 radical (unpaired) electrons. The van der Waals surface area contributed by atoms with Crippen molar-refractivity contribution in [3.05, 3.63) is 24.4 Å². The number of nitrogens with zero attached hydrogens (tertiary/aromatic N) is 3. The molecule has 138 valence electrons. The molecule has 1 aromatic rings. The monoisotopic (exact) mass is 369 g/mol. The molecule has 0 aliphatic carbocycles. The Bertz CT molecular complexity index is 617. The Morgan fingerprint density at radius 1 is 1.44 bits per heavy atom. The predicted octanol–water partition coefficient (Wildman–Crippen LogP) is 2.15. The Hall–Kier alpha value is -2.26. The first kappa shape index (κ1) is 20.8. The topological polar surface area (TPSA) is 113 Å². The molecular formula is C16H23N3O5S. The second-order valence-corrected chi connectivity index (χ2v) is 6.07. The molecule has 2 rings (SSSR count). The summed E-state index contributed by atoms with van der Waals surface area (Å²) in [7, 11) is 2.14. The molecule has 1 aliphatic heterocycles. The van der Waals surface area contributed by atoms with Crippen LogP contribution in [-0.4, -0.2) is 62.0 Å². The van der Waals surface area contributed by atoms with Gasteiger partial charge in [-0.05, 0) is 38.8 Å². The van der Waals surface area contributed by atoms with E-state index in [9.17, 15) is 0 Å². The number of aliphatic carboxylic acids is 2. The second kappa shape index (κ2) is 10.6. The van der Waals surface area contributed by atoms with Crippen LogP contribution in [0.15, 0.2) is 18.7 Å². The molecule has 8 nitrogen and oxygen atoms in total. The fourth-order valence-electron chi connectivity index (χ4n) is 2.02. The van der Waals surface area contributed by atoms with Crippen LogP contribution in [0.3, 0.4) is 0 Å². The molecule has 0 aromatic carbocycles. The highest BCUT2D eigenvalue weighted by atomic mass is 32.1. The molecule has 0 amide bonds. The molecule has 1 aromatic heterocycles. The standard InChI is InChI=1S/C14H21N3OS.C2H2O4/c1-4-5-6-9-18-14-13(15-19-16-14)12-8-7-11(2)17(3)10-12;3-1(4)2(5)6/h4,8,11H,1,5-7,9-10H2,2-3H3;(H,3,4)(H,5,6). The van der Waals surface area contributed by atoms with Crippen molar-refractivity contribution in [3.63, 3.8) is 0 Å². The fourth-order valence-corrected chi connectivity index (χ4v) is 2.55. The zero-order chi connectivity index (χ0) is 18.8. The number of hydrogen-bond acceptors (Lipinski definition) is 7. The summed E-state index contributed by atoms with van der Waals surface area (Å²) in [5.41, 5.74) is 2.15. The third-order valence-corrected chi connectivity index (χ3v) is 4.13. The maximum absolute atomic E-state index is 9.10. The SMILES string of the molecule is C=CCCCOc1nsnc1C1=CCC(C)N(C)C1.O=C(O)C(=O)O.